The van der Waals surface area contributed by atoms with Crippen LogP contribution in [0.3, 0.4) is 0 Å². The molecule has 0 aliphatic heterocycles. The average molecular weight is 266 g/mol. The Balaban J connectivity index is 1.99. The topological polar surface area (TPSA) is 56.9 Å². The maximum atomic E-state index is 11.0. The number of hydrogen-bond donors (Lipinski definition) is 1. The molecule has 1 aromatic heterocycles. The third kappa shape index (κ3) is 2.82. The lowest BCUT2D eigenvalue weighted by Crippen LogP contribution is -2.56. The van der Waals surface area contributed by atoms with E-state index in [9.17, 15) is 4.79 Å². The molecule has 0 amide bonds. The van der Waals surface area contributed by atoms with Crippen LogP contribution >= 0.6 is 0 Å². The number of carboxylic acids is 1. The Labute approximate surface area is 113 Å². The van der Waals surface area contributed by atoms with E-state index in [1.54, 1.807) is 6.07 Å². The first kappa shape index (κ1) is 14.1. The second kappa shape index (κ2) is 5.35. The molecule has 1 N–H and O–H groups in total. The van der Waals surface area contributed by atoms with E-state index in [1.807, 2.05) is 7.05 Å². The summed E-state index contributed by atoms with van der Waals surface area (Å²) >= 11 is 0. The fourth-order valence-corrected chi connectivity index (χ4v) is 2.83. The molecule has 106 valence electrons. The van der Waals surface area contributed by atoms with Gasteiger partial charge >= 0.3 is 5.97 Å². The Morgan fingerprint density at radius 2 is 2.11 bits per heavy atom. The summed E-state index contributed by atoms with van der Waals surface area (Å²) in [5, 5.41) is 9.03. The van der Waals surface area contributed by atoms with Crippen molar-refractivity contribution in [1.82, 2.24) is 9.80 Å². The molecule has 0 spiro atoms. The van der Waals surface area contributed by atoms with Crippen LogP contribution in [-0.4, -0.2) is 54.1 Å². The second-order valence-corrected chi connectivity index (χ2v) is 5.72. The van der Waals surface area contributed by atoms with Crippen molar-refractivity contribution in [2.45, 2.75) is 31.3 Å². The molecule has 0 unspecified atom stereocenters. The van der Waals surface area contributed by atoms with E-state index >= 15 is 0 Å². The van der Waals surface area contributed by atoms with Gasteiger partial charge in [-0.15, -0.1) is 0 Å². The lowest BCUT2D eigenvalue weighted by molar-refractivity contribution is 0.0257. The summed E-state index contributed by atoms with van der Waals surface area (Å²) in [6.45, 7) is 1.55. The molecule has 1 aromatic rings. The van der Waals surface area contributed by atoms with Crippen LogP contribution in [0.1, 0.15) is 35.4 Å². The van der Waals surface area contributed by atoms with Crippen molar-refractivity contribution < 1.29 is 14.3 Å². The zero-order valence-electron chi connectivity index (χ0n) is 11.8. The average Bonchev–Trinajstić information content (AvgIpc) is 2.71. The summed E-state index contributed by atoms with van der Waals surface area (Å²) in [7, 11) is 6.27. The number of nitrogens with zero attached hydrogens (tertiary/aromatic N) is 2. The zero-order chi connectivity index (χ0) is 14.0. The summed E-state index contributed by atoms with van der Waals surface area (Å²) in [5.74, 6) is -0.946. The van der Waals surface area contributed by atoms with Gasteiger partial charge in [0.25, 0.3) is 0 Å². The highest BCUT2D eigenvalue weighted by Crippen LogP contribution is 2.36. The fourth-order valence-electron chi connectivity index (χ4n) is 2.83. The van der Waals surface area contributed by atoms with Gasteiger partial charge in [-0.25, -0.2) is 4.79 Å². The van der Waals surface area contributed by atoms with Crippen molar-refractivity contribution in [2.75, 3.05) is 27.7 Å². The molecule has 0 saturated heterocycles. The first-order valence-corrected chi connectivity index (χ1v) is 6.60. The molecular weight excluding hydrogens is 244 g/mol. The van der Waals surface area contributed by atoms with Crippen molar-refractivity contribution in [3.05, 3.63) is 23.7 Å². The molecule has 0 bridgehead atoms. The van der Waals surface area contributed by atoms with E-state index in [4.69, 9.17) is 9.52 Å². The molecule has 19 heavy (non-hydrogen) atoms. The molecule has 5 nitrogen and oxygen atoms in total. The first-order valence-electron chi connectivity index (χ1n) is 6.60. The van der Waals surface area contributed by atoms with Gasteiger partial charge in [-0.3, -0.25) is 0 Å². The molecule has 0 radical (unpaired) electrons. The van der Waals surface area contributed by atoms with Crippen LogP contribution < -0.4 is 0 Å². The molecule has 1 fully saturated rings. The molecule has 2 rings (SSSR count). The molecule has 1 heterocycles. The normalized spacial score (nSPS) is 17.7. The van der Waals surface area contributed by atoms with Crippen molar-refractivity contribution in [3.8, 4) is 0 Å². The summed E-state index contributed by atoms with van der Waals surface area (Å²) in [4.78, 5) is 15.5. The Bertz CT molecular complexity index is 449. The molecular formula is C14H22N2O3. The van der Waals surface area contributed by atoms with Crippen LogP contribution in [0.2, 0.25) is 0 Å². The fraction of sp³-hybridized carbons (Fsp3) is 0.643. The lowest BCUT2D eigenvalue weighted by Gasteiger charge is -2.49. The van der Waals surface area contributed by atoms with Gasteiger partial charge < -0.3 is 19.3 Å². The van der Waals surface area contributed by atoms with Gasteiger partial charge in [-0.2, -0.15) is 0 Å². The van der Waals surface area contributed by atoms with E-state index in [2.05, 4.69) is 23.9 Å². The second-order valence-electron chi connectivity index (χ2n) is 5.72. The Kier molecular flexibility index (Phi) is 3.96. The van der Waals surface area contributed by atoms with Gasteiger partial charge in [0.05, 0.1) is 6.26 Å². The monoisotopic (exact) mass is 266 g/mol. The van der Waals surface area contributed by atoms with Crippen molar-refractivity contribution >= 4 is 5.97 Å². The number of rotatable bonds is 6. The van der Waals surface area contributed by atoms with E-state index in [1.165, 1.54) is 25.5 Å². The molecule has 5 heteroatoms. The maximum absolute atomic E-state index is 11.0. The maximum Gasteiger partial charge on any atom is 0.372 e. The third-order valence-electron chi connectivity index (χ3n) is 4.18. The van der Waals surface area contributed by atoms with Gasteiger partial charge in [0, 0.05) is 24.2 Å². The SMILES string of the molecule is CN(Cc1ccoc1C(=O)O)CC1(N(C)C)CCC1. The minimum absolute atomic E-state index is 0.0550. The minimum Gasteiger partial charge on any atom is -0.475 e. The van der Waals surface area contributed by atoms with Crippen LogP contribution in [0.25, 0.3) is 0 Å². The van der Waals surface area contributed by atoms with Gasteiger partial charge in [-0.1, -0.05) is 0 Å². The van der Waals surface area contributed by atoms with Crippen LogP contribution in [0.15, 0.2) is 16.7 Å². The summed E-state index contributed by atoms with van der Waals surface area (Å²) in [6.07, 6.45) is 5.14. The number of hydrogen-bond acceptors (Lipinski definition) is 4. The zero-order valence-corrected chi connectivity index (χ0v) is 11.8. The van der Waals surface area contributed by atoms with Crippen molar-refractivity contribution in [1.29, 1.82) is 0 Å². The Hall–Kier alpha value is -1.33. The van der Waals surface area contributed by atoms with E-state index < -0.39 is 5.97 Å². The number of aromatic carboxylic acids is 1. The Morgan fingerprint density at radius 3 is 2.58 bits per heavy atom. The van der Waals surface area contributed by atoms with Crippen LogP contribution in [0.4, 0.5) is 0 Å². The van der Waals surface area contributed by atoms with Crippen LogP contribution in [0, 0.1) is 0 Å². The predicted octanol–water partition coefficient (Wildman–Crippen LogP) is 1.89. The van der Waals surface area contributed by atoms with Crippen LogP contribution in [-0.2, 0) is 6.54 Å². The van der Waals surface area contributed by atoms with Crippen molar-refractivity contribution in [2.24, 2.45) is 0 Å². The van der Waals surface area contributed by atoms with Crippen LogP contribution in [0.5, 0.6) is 0 Å². The molecule has 1 aliphatic rings. The predicted molar refractivity (Wildman–Crippen MR) is 72.3 cm³/mol. The number of carboxylic acid groups (broad SMARTS) is 1. The third-order valence-corrected chi connectivity index (χ3v) is 4.18. The highest BCUT2D eigenvalue weighted by atomic mass is 16.4. The summed E-state index contributed by atoms with van der Waals surface area (Å²) < 4.78 is 5.01. The minimum atomic E-state index is -1.00. The first-order chi connectivity index (χ1) is 8.94. The van der Waals surface area contributed by atoms with Gasteiger partial charge in [0.15, 0.2) is 0 Å². The van der Waals surface area contributed by atoms with Gasteiger partial charge in [0.1, 0.15) is 0 Å². The highest BCUT2D eigenvalue weighted by Gasteiger charge is 2.39. The van der Waals surface area contributed by atoms with E-state index in [0.29, 0.717) is 6.54 Å². The van der Waals surface area contributed by atoms with E-state index in [-0.39, 0.29) is 11.3 Å². The highest BCUT2D eigenvalue weighted by molar-refractivity contribution is 5.86. The van der Waals surface area contributed by atoms with Gasteiger partial charge in [-0.05, 0) is 46.5 Å². The number of furan rings is 1. The summed E-state index contributed by atoms with van der Waals surface area (Å²) in [6, 6.07) is 1.74. The quantitative estimate of drug-likeness (QED) is 0.852. The van der Waals surface area contributed by atoms with E-state index in [0.717, 1.165) is 12.1 Å². The lowest BCUT2D eigenvalue weighted by atomic mass is 9.75. The summed E-state index contributed by atoms with van der Waals surface area (Å²) in [5.41, 5.74) is 0.991. The molecule has 1 saturated carbocycles. The largest absolute Gasteiger partial charge is 0.475 e. The molecule has 1 aliphatic carbocycles. The van der Waals surface area contributed by atoms with Gasteiger partial charge in [0.2, 0.25) is 5.76 Å². The Morgan fingerprint density at radius 1 is 1.42 bits per heavy atom. The number of likely N-dealkylation sites (N-methyl/N-ethyl adjacent to an activating group) is 2. The number of carbonyl (C=O) groups is 1. The molecule has 0 atom stereocenters. The molecule has 0 aromatic carbocycles. The van der Waals surface area contributed by atoms with Crippen molar-refractivity contribution in [3.63, 3.8) is 0 Å². The smallest absolute Gasteiger partial charge is 0.372 e. The standard InChI is InChI=1S/C14H22N2O3/c1-15(2)14(6-4-7-14)10-16(3)9-11-5-8-19-12(11)13(17)18/h5,8H,4,6-7,9-10H2,1-3H3,(H,17,18).